The van der Waals surface area contributed by atoms with Crippen LogP contribution in [0.1, 0.15) is 26.2 Å². The Kier molecular flexibility index (Phi) is 1.90. The molecule has 11 heavy (non-hydrogen) atoms. The van der Waals surface area contributed by atoms with Gasteiger partial charge in [0.1, 0.15) is 0 Å². The molecule has 2 atom stereocenters. The maximum Gasteiger partial charge on any atom is 0.389 e. The average molecular weight is 168 g/mol. The standard InChI is InChI=1S/C7H11F3O/c1-5-4-6(5,11)2-3-7(8,9)10/h5,11H,2-4H2,1H3. The molecule has 0 spiro atoms. The zero-order chi connectivity index (χ0) is 8.70. The molecule has 0 aromatic heterocycles. The molecule has 0 radical (unpaired) electrons. The second-order valence-electron chi connectivity index (χ2n) is 3.32. The normalized spacial score (nSPS) is 37.4. The predicted molar refractivity (Wildman–Crippen MR) is 34.0 cm³/mol. The molecule has 1 aliphatic carbocycles. The highest BCUT2D eigenvalue weighted by atomic mass is 19.4. The Morgan fingerprint density at radius 3 is 2.27 bits per heavy atom. The third-order valence-electron chi connectivity index (χ3n) is 2.26. The first-order valence-electron chi connectivity index (χ1n) is 3.63. The van der Waals surface area contributed by atoms with Gasteiger partial charge in [0.2, 0.25) is 0 Å². The Morgan fingerprint density at radius 2 is 2.00 bits per heavy atom. The quantitative estimate of drug-likeness (QED) is 0.669. The molecular weight excluding hydrogens is 157 g/mol. The summed E-state index contributed by atoms with van der Waals surface area (Å²) in [6.45, 7) is 1.76. The van der Waals surface area contributed by atoms with Crippen molar-refractivity contribution in [1.29, 1.82) is 0 Å². The van der Waals surface area contributed by atoms with Crippen molar-refractivity contribution in [3.63, 3.8) is 0 Å². The molecule has 1 nitrogen and oxygen atoms in total. The van der Waals surface area contributed by atoms with E-state index in [0.29, 0.717) is 6.42 Å². The Labute approximate surface area is 63.2 Å². The summed E-state index contributed by atoms with van der Waals surface area (Å²) in [7, 11) is 0. The van der Waals surface area contributed by atoms with Crippen molar-refractivity contribution in [2.24, 2.45) is 5.92 Å². The minimum atomic E-state index is -4.13. The summed E-state index contributed by atoms with van der Waals surface area (Å²) in [6, 6.07) is 0. The van der Waals surface area contributed by atoms with Gasteiger partial charge in [0.15, 0.2) is 0 Å². The minimum Gasteiger partial charge on any atom is -0.390 e. The maximum absolute atomic E-state index is 11.6. The largest absolute Gasteiger partial charge is 0.390 e. The summed E-state index contributed by atoms with van der Waals surface area (Å²) in [6.07, 6.45) is -4.62. The van der Waals surface area contributed by atoms with Crippen molar-refractivity contribution >= 4 is 0 Å². The smallest absolute Gasteiger partial charge is 0.389 e. The molecule has 0 bridgehead atoms. The van der Waals surface area contributed by atoms with E-state index in [1.165, 1.54) is 0 Å². The minimum absolute atomic E-state index is 0.0462. The summed E-state index contributed by atoms with van der Waals surface area (Å²) in [4.78, 5) is 0. The topological polar surface area (TPSA) is 20.2 Å². The lowest BCUT2D eigenvalue weighted by molar-refractivity contribution is -0.141. The van der Waals surface area contributed by atoms with Crippen LogP contribution in [-0.2, 0) is 0 Å². The highest BCUT2D eigenvalue weighted by Crippen LogP contribution is 2.47. The molecule has 0 aromatic carbocycles. The monoisotopic (exact) mass is 168 g/mol. The van der Waals surface area contributed by atoms with Gasteiger partial charge in [-0.15, -0.1) is 0 Å². The lowest BCUT2D eigenvalue weighted by Gasteiger charge is -2.10. The molecular formula is C7H11F3O. The van der Waals surface area contributed by atoms with E-state index < -0.39 is 18.2 Å². The summed E-state index contributed by atoms with van der Waals surface area (Å²) >= 11 is 0. The Balaban J connectivity index is 2.24. The van der Waals surface area contributed by atoms with E-state index in [1.54, 1.807) is 6.92 Å². The van der Waals surface area contributed by atoms with Crippen LogP contribution < -0.4 is 0 Å². The Morgan fingerprint density at radius 1 is 1.55 bits per heavy atom. The van der Waals surface area contributed by atoms with Crippen molar-refractivity contribution < 1.29 is 18.3 Å². The molecule has 1 saturated carbocycles. The van der Waals surface area contributed by atoms with Crippen LogP contribution in [0.25, 0.3) is 0 Å². The van der Waals surface area contributed by atoms with Gasteiger partial charge < -0.3 is 5.11 Å². The second-order valence-corrected chi connectivity index (χ2v) is 3.32. The van der Waals surface area contributed by atoms with Gasteiger partial charge >= 0.3 is 6.18 Å². The fourth-order valence-corrected chi connectivity index (χ4v) is 1.18. The van der Waals surface area contributed by atoms with Crippen LogP contribution in [0.5, 0.6) is 0 Å². The van der Waals surface area contributed by atoms with Crippen LogP contribution in [0.2, 0.25) is 0 Å². The van der Waals surface area contributed by atoms with E-state index in [1.807, 2.05) is 0 Å². The lowest BCUT2D eigenvalue weighted by Crippen LogP contribution is -2.16. The number of rotatable bonds is 2. The van der Waals surface area contributed by atoms with E-state index in [0.717, 1.165) is 0 Å². The number of halogens is 3. The summed E-state index contributed by atoms with van der Waals surface area (Å²) < 4.78 is 34.9. The van der Waals surface area contributed by atoms with Gasteiger partial charge in [-0.1, -0.05) is 6.92 Å². The van der Waals surface area contributed by atoms with Crippen LogP contribution in [0, 0.1) is 5.92 Å². The lowest BCUT2D eigenvalue weighted by atomic mass is 10.1. The molecule has 0 heterocycles. The van der Waals surface area contributed by atoms with Crippen molar-refractivity contribution in [3.05, 3.63) is 0 Å². The van der Waals surface area contributed by atoms with Crippen molar-refractivity contribution in [2.75, 3.05) is 0 Å². The van der Waals surface area contributed by atoms with Crippen molar-refractivity contribution in [2.45, 2.75) is 38.0 Å². The highest BCUT2D eigenvalue weighted by Gasteiger charge is 2.50. The number of hydrogen-bond donors (Lipinski definition) is 1. The van der Waals surface area contributed by atoms with Crippen LogP contribution in [0.3, 0.4) is 0 Å². The second kappa shape index (κ2) is 2.37. The number of alkyl halides is 3. The summed E-state index contributed by atoms with van der Waals surface area (Å²) in [5, 5.41) is 9.26. The third-order valence-corrected chi connectivity index (χ3v) is 2.26. The fourth-order valence-electron chi connectivity index (χ4n) is 1.18. The van der Waals surface area contributed by atoms with Gasteiger partial charge in [-0.2, -0.15) is 13.2 Å². The Hall–Kier alpha value is -0.250. The molecule has 1 rings (SSSR count). The average Bonchev–Trinajstić information content (AvgIpc) is 2.36. The molecule has 2 unspecified atom stereocenters. The summed E-state index contributed by atoms with van der Waals surface area (Å²) in [5.74, 6) is 0.0462. The van der Waals surface area contributed by atoms with Gasteiger partial charge in [0.25, 0.3) is 0 Å². The molecule has 0 aliphatic heterocycles. The van der Waals surface area contributed by atoms with E-state index in [2.05, 4.69) is 0 Å². The molecule has 66 valence electrons. The van der Waals surface area contributed by atoms with Gasteiger partial charge in [0, 0.05) is 6.42 Å². The Bertz CT molecular complexity index is 154. The van der Waals surface area contributed by atoms with E-state index in [4.69, 9.17) is 0 Å². The van der Waals surface area contributed by atoms with Crippen molar-refractivity contribution in [3.8, 4) is 0 Å². The molecule has 1 aliphatic rings. The zero-order valence-corrected chi connectivity index (χ0v) is 6.28. The SMILES string of the molecule is CC1CC1(O)CCC(F)(F)F. The van der Waals surface area contributed by atoms with E-state index >= 15 is 0 Å². The van der Waals surface area contributed by atoms with E-state index in [9.17, 15) is 18.3 Å². The molecule has 4 heteroatoms. The summed E-state index contributed by atoms with van der Waals surface area (Å²) in [5.41, 5.74) is -1.00. The highest BCUT2D eigenvalue weighted by molar-refractivity contribution is 5.00. The predicted octanol–water partition coefficient (Wildman–Crippen LogP) is 2.10. The van der Waals surface area contributed by atoms with Crippen LogP contribution in [-0.4, -0.2) is 16.9 Å². The van der Waals surface area contributed by atoms with Gasteiger partial charge in [-0.3, -0.25) is 0 Å². The molecule has 1 fully saturated rings. The van der Waals surface area contributed by atoms with E-state index in [-0.39, 0.29) is 12.3 Å². The molecule has 0 saturated heterocycles. The first kappa shape index (κ1) is 8.84. The maximum atomic E-state index is 11.6. The van der Waals surface area contributed by atoms with Gasteiger partial charge in [-0.25, -0.2) is 0 Å². The molecule has 1 N–H and O–H groups in total. The number of aliphatic hydroxyl groups is 1. The van der Waals surface area contributed by atoms with Crippen LogP contribution in [0.4, 0.5) is 13.2 Å². The first-order valence-corrected chi connectivity index (χ1v) is 3.63. The third kappa shape index (κ3) is 2.36. The molecule has 0 aromatic rings. The van der Waals surface area contributed by atoms with Crippen molar-refractivity contribution in [1.82, 2.24) is 0 Å². The van der Waals surface area contributed by atoms with Crippen LogP contribution >= 0.6 is 0 Å². The van der Waals surface area contributed by atoms with Crippen LogP contribution in [0.15, 0.2) is 0 Å². The fraction of sp³-hybridized carbons (Fsp3) is 1.00. The van der Waals surface area contributed by atoms with Gasteiger partial charge in [-0.05, 0) is 18.8 Å². The number of hydrogen-bond acceptors (Lipinski definition) is 1. The van der Waals surface area contributed by atoms with Gasteiger partial charge in [0.05, 0.1) is 5.60 Å². The first-order chi connectivity index (χ1) is 4.83. The molecule has 0 amide bonds. The zero-order valence-electron chi connectivity index (χ0n) is 6.28.